The van der Waals surface area contributed by atoms with Crippen LogP contribution in [0.25, 0.3) is 10.9 Å². The van der Waals surface area contributed by atoms with Gasteiger partial charge in [-0.2, -0.15) is 5.10 Å². The highest BCUT2D eigenvalue weighted by Crippen LogP contribution is 2.32. The zero-order valence-electron chi connectivity index (χ0n) is 21.9. The largest absolute Gasteiger partial charge is 0.383 e. The van der Waals surface area contributed by atoms with Gasteiger partial charge in [0.2, 0.25) is 0 Å². The molecule has 37 heavy (non-hydrogen) atoms. The molecule has 1 saturated heterocycles. The number of aromatic nitrogens is 2. The number of nitrogens with one attached hydrogen (secondary N) is 2. The lowest BCUT2D eigenvalue weighted by Crippen LogP contribution is -2.34. The van der Waals surface area contributed by atoms with Gasteiger partial charge in [-0.3, -0.25) is 9.58 Å². The molecule has 1 aromatic heterocycles. The van der Waals surface area contributed by atoms with Gasteiger partial charge in [-0.05, 0) is 93.2 Å². The van der Waals surface area contributed by atoms with Gasteiger partial charge < -0.3 is 15.4 Å². The van der Waals surface area contributed by atoms with Crippen LogP contribution in [0.5, 0.6) is 0 Å². The Kier molecular flexibility index (Phi) is 7.72. The maximum Gasteiger partial charge on any atom is 0.160 e. The minimum Gasteiger partial charge on any atom is -0.383 e. The van der Waals surface area contributed by atoms with Crippen LogP contribution < -0.4 is 10.6 Å². The summed E-state index contributed by atoms with van der Waals surface area (Å²) in [5.41, 5.74) is 6.33. The summed E-state index contributed by atoms with van der Waals surface area (Å²) in [5.74, 6) is 0.617. The van der Waals surface area contributed by atoms with E-state index in [9.17, 15) is 4.39 Å². The fraction of sp³-hybridized carbons (Fsp3) is 0.367. The van der Waals surface area contributed by atoms with Crippen LogP contribution in [0.4, 0.5) is 27.3 Å². The summed E-state index contributed by atoms with van der Waals surface area (Å²) in [6.45, 7) is 8.02. The Labute approximate surface area is 218 Å². The minimum atomic E-state index is -0.243. The van der Waals surface area contributed by atoms with Crippen molar-refractivity contribution in [2.45, 2.75) is 45.7 Å². The number of ether oxygens (including phenoxy) is 1. The first kappa shape index (κ1) is 25.2. The number of benzene rings is 3. The second-order valence-corrected chi connectivity index (χ2v) is 9.97. The molecule has 4 aromatic rings. The van der Waals surface area contributed by atoms with Gasteiger partial charge in [0.1, 0.15) is 5.82 Å². The van der Waals surface area contributed by atoms with E-state index < -0.39 is 0 Å². The fourth-order valence-electron chi connectivity index (χ4n) is 5.34. The van der Waals surface area contributed by atoms with Gasteiger partial charge in [0.05, 0.1) is 12.1 Å². The summed E-state index contributed by atoms with van der Waals surface area (Å²) < 4.78 is 20.9. The summed E-state index contributed by atoms with van der Waals surface area (Å²) in [6, 6.07) is 19.5. The molecule has 0 spiro atoms. The third-order valence-electron chi connectivity index (χ3n) is 7.28. The Morgan fingerprint density at radius 2 is 1.73 bits per heavy atom. The van der Waals surface area contributed by atoms with Crippen LogP contribution >= 0.6 is 0 Å². The molecule has 2 N–H and O–H groups in total. The second kappa shape index (κ2) is 11.3. The first-order chi connectivity index (χ1) is 18.0. The van der Waals surface area contributed by atoms with E-state index in [0.29, 0.717) is 6.04 Å². The van der Waals surface area contributed by atoms with Crippen LogP contribution in [0.1, 0.15) is 30.4 Å². The molecule has 0 bridgehead atoms. The molecule has 7 heteroatoms. The quantitative estimate of drug-likeness (QED) is 0.251. The molecule has 5 rings (SSSR count). The average Bonchev–Trinajstić information content (AvgIpc) is 3.47. The topological polar surface area (TPSA) is 54.4 Å². The van der Waals surface area contributed by atoms with E-state index in [4.69, 9.17) is 9.84 Å². The van der Waals surface area contributed by atoms with Gasteiger partial charge in [0.15, 0.2) is 5.82 Å². The van der Waals surface area contributed by atoms with Crippen molar-refractivity contribution in [3.63, 3.8) is 0 Å². The van der Waals surface area contributed by atoms with Crippen LogP contribution in [-0.4, -0.2) is 47.5 Å². The predicted molar refractivity (Wildman–Crippen MR) is 150 cm³/mol. The van der Waals surface area contributed by atoms with Crippen LogP contribution in [-0.2, 0) is 11.3 Å². The summed E-state index contributed by atoms with van der Waals surface area (Å²) >= 11 is 0. The van der Waals surface area contributed by atoms with Crippen LogP contribution in [0, 0.1) is 19.7 Å². The number of fused-ring (bicyclic) bond motifs is 1. The van der Waals surface area contributed by atoms with E-state index in [-0.39, 0.29) is 5.82 Å². The standard InChI is InChI=1S/C30H36FN5O/c1-21-7-4-8-22(2)29(21)33-30-27-15-14-25(32-24-12-10-23(31)11-13-24)19-28(27)36(34-30)18-6-17-35-16-5-9-26(35)20-37-3/h4,7-8,10-15,19,26,32H,5-6,9,16-18,20H2,1-3H3,(H,33,34). The molecule has 1 unspecified atom stereocenters. The lowest BCUT2D eigenvalue weighted by molar-refractivity contribution is 0.114. The highest BCUT2D eigenvalue weighted by molar-refractivity contribution is 5.94. The summed E-state index contributed by atoms with van der Waals surface area (Å²) in [5, 5.41) is 13.1. The van der Waals surface area contributed by atoms with E-state index in [1.54, 1.807) is 19.2 Å². The maximum atomic E-state index is 13.4. The van der Waals surface area contributed by atoms with E-state index in [1.807, 2.05) is 6.07 Å². The smallest absolute Gasteiger partial charge is 0.160 e. The van der Waals surface area contributed by atoms with E-state index in [2.05, 4.69) is 64.4 Å². The number of nitrogens with zero attached hydrogens (tertiary/aromatic N) is 3. The average molecular weight is 502 g/mol. The summed E-state index contributed by atoms with van der Waals surface area (Å²) in [6.07, 6.45) is 3.46. The van der Waals surface area contributed by atoms with Gasteiger partial charge in [0.25, 0.3) is 0 Å². The number of halogens is 1. The van der Waals surface area contributed by atoms with E-state index in [0.717, 1.165) is 66.4 Å². The first-order valence-corrected chi connectivity index (χ1v) is 13.1. The van der Waals surface area contributed by atoms with Crippen LogP contribution in [0.3, 0.4) is 0 Å². The fourth-order valence-corrected chi connectivity index (χ4v) is 5.34. The molecular formula is C30H36FN5O. The molecule has 0 amide bonds. The normalized spacial score (nSPS) is 15.9. The van der Waals surface area contributed by atoms with Crippen LogP contribution in [0.2, 0.25) is 0 Å². The van der Waals surface area contributed by atoms with Crippen molar-refractivity contribution >= 4 is 33.8 Å². The molecule has 1 aliphatic rings. The van der Waals surface area contributed by atoms with E-state index in [1.165, 1.54) is 36.1 Å². The van der Waals surface area contributed by atoms with Crippen molar-refractivity contribution in [1.82, 2.24) is 14.7 Å². The zero-order valence-corrected chi connectivity index (χ0v) is 21.9. The predicted octanol–water partition coefficient (Wildman–Crippen LogP) is 6.78. The number of para-hydroxylation sites is 1. The number of likely N-dealkylation sites (tertiary alicyclic amines) is 1. The molecule has 1 fully saturated rings. The van der Waals surface area contributed by atoms with Gasteiger partial charge in [-0.1, -0.05) is 18.2 Å². The van der Waals surface area contributed by atoms with Gasteiger partial charge in [0, 0.05) is 48.7 Å². The molecule has 3 aromatic carbocycles. The monoisotopic (exact) mass is 501 g/mol. The number of anilines is 4. The molecule has 0 saturated carbocycles. The lowest BCUT2D eigenvalue weighted by atomic mass is 10.1. The number of hydrogen-bond donors (Lipinski definition) is 2. The molecule has 0 radical (unpaired) electrons. The highest BCUT2D eigenvalue weighted by Gasteiger charge is 2.23. The third-order valence-corrected chi connectivity index (χ3v) is 7.28. The van der Waals surface area contributed by atoms with Crippen molar-refractivity contribution in [3.8, 4) is 0 Å². The van der Waals surface area contributed by atoms with E-state index >= 15 is 0 Å². The van der Waals surface area contributed by atoms with Crippen molar-refractivity contribution in [3.05, 3.63) is 77.6 Å². The third kappa shape index (κ3) is 5.78. The Morgan fingerprint density at radius 1 is 0.973 bits per heavy atom. The Bertz CT molecular complexity index is 1330. The lowest BCUT2D eigenvalue weighted by Gasteiger charge is -2.23. The number of hydrogen-bond acceptors (Lipinski definition) is 5. The van der Waals surface area contributed by atoms with Crippen molar-refractivity contribution < 1.29 is 9.13 Å². The highest BCUT2D eigenvalue weighted by atomic mass is 19.1. The molecule has 6 nitrogen and oxygen atoms in total. The summed E-state index contributed by atoms with van der Waals surface area (Å²) in [4.78, 5) is 2.55. The molecule has 1 atom stereocenters. The molecule has 1 aliphatic heterocycles. The van der Waals surface area contributed by atoms with Crippen molar-refractivity contribution in [2.75, 3.05) is 37.4 Å². The SMILES string of the molecule is COCC1CCCN1CCCn1nc(Nc2c(C)cccc2C)c2ccc(Nc3ccc(F)cc3)cc21. The first-order valence-electron chi connectivity index (χ1n) is 13.1. The van der Waals surface area contributed by atoms with Gasteiger partial charge in [-0.15, -0.1) is 0 Å². The van der Waals surface area contributed by atoms with Crippen LogP contribution in [0.15, 0.2) is 60.7 Å². The maximum absolute atomic E-state index is 13.4. The van der Waals surface area contributed by atoms with Gasteiger partial charge >= 0.3 is 0 Å². The molecule has 2 heterocycles. The minimum absolute atomic E-state index is 0.243. The molecule has 194 valence electrons. The molecule has 0 aliphatic carbocycles. The number of aryl methyl sites for hydroxylation is 3. The Hall–Kier alpha value is -3.42. The second-order valence-electron chi connectivity index (χ2n) is 9.97. The zero-order chi connectivity index (χ0) is 25.8. The number of rotatable bonds is 10. The Morgan fingerprint density at radius 3 is 2.49 bits per heavy atom. The Balaban J connectivity index is 1.41. The number of methoxy groups -OCH3 is 1. The molecular weight excluding hydrogens is 465 g/mol. The van der Waals surface area contributed by atoms with Gasteiger partial charge in [-0.25, -0.2) is 4.39 Å². The van der Waals surface area contributed by atoms with Crippen molar-refractivity contribution in [1.29, 1.82) is 0 Å². The summed E-state index contributed by atoms with van der Waals surface area (Å²) in [7, 11) is 1.79. The van der Waals surface area contributed by atoms with Crippen molar-refractivity contribution in [2.24, 2.45) is 0 Å².